The van der Waals surface area contributed by atoms with Crippen molar-refractivity contribution in [2.75, 3.05) is 26.7 Å². The highest BCUT2D eigenvalue weighted by molar-refractivity contribution is 5.81. The molecule has 1 saturated heterocycles. The number of para-hydroxylation sites is 1. The van der Waals surface area contributed by atoms with Crippen molar-refractivity contribution in [3.63, 3.8) is 0 Å². The molecule has 0 spiro atoms. The molecule has 4 rings (SSSR count). The third-order valence-electron chi connectivity index (χ3n) is 6.67. The Balaban J connectivity index is 1.24. The standard InChI is InChI=1S/C24H30N4O3/c1-31-22-5-3-2-4-17(22)8-10-27-24(30)20-14-18-9-13-28(16-21(18)20)23(29)7-6-19-15-25-11-12-26-19/h2-5,11-12,15,18,20-21H,6-10,13-14,16H2,1H3,(H,27,30)/t18-,20-,21-/m1/s1. The highest BCUT2D eigenvalue weighted by Crippen LogP contribution is 2.45. The topological polar surface area (TPSA) is 84.4 Å². The lowest BCUT2D eigenvalue weighted by Crippen LogP contribution is -2.56. The summed E-state index contributed by atoms with van der Waals surface area (Å²) >= 11 is 0. The van der Waals surface area contributed by atoms with E-state index in [4.69, 9.17) is 4.74 Å². The Morgan fingerprint density at radius 1 is 1.23 bits per heavy atom. The molecule has 2 fully saturated rings. The molecule has 2 aromatic rings. The van der Waals surface area contributed by atoms with E-state index in [0.717, 1.165) is 42.8 Å². The second-order valence-corrected chi connectivity index (χ2v) is 8.44. The molecule has 7 heteroatoms. The summed E-state index contributed by atoms with van der Waals surface area (Å²) in [6.45, 7) is 2.07. The fraction of sp³-hybridized carbons (Fsp3) is 0.500. The Kier molecular flexibility index (Phi) is 6.79. The van der Waals surface area contributed by atoms with Gasteiger partial charge in [-0.25, -0.2) is 0 Å². The fourth-order valence-corrected chi connectivity index (χ4v) is 4.83. The molecule has 1 aliphatic carbocycles. The number of piperidine rings is 1. The van der Waals surface area contributed by atoms with Gasteiger partial charge in [-0.2, -0.15) is 0 Å². The molecule has 0 bridgehead atoms. The summed E-state index contributed by atoms with van der Waals surface area (Å²) in [6, 6.07) is 7.88. The summed E-state index contributed by atoms with van der Waals surface area (Å²) in [5.74, 6) is 1.97. The monoisotopic (exact) mass is 422 g/mol. The second kappa shape index (κ2) is 9.90. The zero-order chi connectivity index (χ0) is 21.6. The number of fused-ring (bicyclic) bond motifs is 1. The van der Waals surface area contributed by atoms with Crippen LogP contribution in [0.3, 0.4) is 0 Å². The van der Waals surface area contributed by atoms with E-state index in [2.05, 4.69) is 15.3 Å². The van der Waals surface area contributed by atoms with Gasteiger partial charge < -0.3 is 15.0 Å². The molecule has 2 aliphatic rings. The van der Waals surface area contributed by atoms with Crippen LogP contribution in [0.15, 0.2) is 42.9 Å². The van der Waals surface area contributed by atoms with E-state index >= 15 is 0 Å². The van der Waals surface area contributed by atoms with Crippen LogP contribution in [0, 0.1) is 17.8 Å². The van der Waals surface area contributed by atoms with Crippen molar-refractivity contribution in [3.8, 4) is 5.75 Å². The van der Waals surface area contributed by atoms with E-state index in [1.807, 2.05) is 29.2 Å². The van der Waals surface area contributed by atoms with Crippen LogP contribution in [0.25, 0.3) is 0 Å². The van der Waals surface area contributed by atoms with Gasteiger partial charge in [0, 0.05) is 50.6 Å². The molecule has 0 unspecified atom stereocenters. The van der Waals surface area contributed by atoms with Crippen LogP contribution in [0.4, 0.5) is 0 Å². The van der Waals surface area contributed by atoms with E-state index in [0.29, 0.717) is 31.8 Å². The van der Waals surface area contributed by atoms with E-state index in [1.165, 1.54) is 0 Å². The number of hydrogen-bond donors (Lipinski definition) is 1. The molecule has 1 aliphatic heterocycles. The minimum absolute atomic E-state index is 0.0123. The Labute approximate surface area is 183 Å². The maximum absolute atomic E-state index is 12.8. The van der Waals surface area contributed by atoms with Crippen molar-refractivity contribution in [3.05, 3.63) is 54.1 Å². The average molecular weight is 423 g/mol. The van der Waals surface area contributed by atoms with Crippen molar-refractivity contribution in [1.29, 1.82) is 0 Å². The summed E-state index contributed by atoms with van der Waals surface area (Å²) in [7, 11) is 1.66. The molecule has 0 radical (unpaired) electrons. The number of methoxy groups -OCH3 is 1. The van der Waals surface area contributed by atoms with Crippen molar-refractivity contribution >= 4 is 11.8 Å². The van der Waals surface area contributed by atoms with Gasteiger partial charge in [-0.05, 0) is 49.1 Å². The van der Waals surface area contributed by atoms with Crippen molar-refractivity contribution in [2.24, 2.45) is 17.8 Å². The van der Waals surface area contributed by atoms with Gasteiger partial charge in [0.15, 0.2) is 0 Å². The van der Waals surface area contributed by atoms with E-state index in [1.54, 1.807) is 25.7 Å². The first-order valence-electron chi connectivity index (χ1n) is 11.1. The van der Waals surface area contributed by atoms with E-state index in [-0.39, 0.29) is 23.7 Å². The van der Waals surface area contributed by atoms with Gasteiger partial charge in [0.25, 0.3) is 0 Å². The molecule has 31 heavy (non-hydrogen) atoms. The maximum Gasteiger partial charge on any atom is 0.223 e. The smallest absolute Gasteiger partial charge is 0.223 e. The predicted octanol–water partition coefficient (Wildman–Crippen LogP) is 2.26. The van der Waals surface area contributed by atoms with Crippen LogP contribution in [0.2, 0.25) is 0 Å². The zero-order valence-electron chi connectivity index (χ0n) is 18.0. The maximum atomic E-state index is 12.8. The average Bonchev–Trinajstić information content (AvgIpc) is 2.79. The normalized spacial score (nSPS) is 22.2. The molecule has 3 atom stereocenters. The molecule has 1 N–H and O–H groups in total. The summed E-state index contributed by atoms with van der Waals surface area (Å²) in [5.41, 5.74) is 1.93. The Morgan fingerprint density at radius 3 is 2.90 bits per heavy atom. The molecule has 7 nitrogen and oxygen atoms in total. The lowest BCUT2D eigenvalue weighted by molar-refractivity contribution is -0.145. The van der Waals surface area contributed by atoms with E-state index < -0.39 is 0 Å². The summed E-state index contributed by atoms with van der Waals surface area (Å²) < 4.78 is 5.38. The SMILES string of the molecule is COc1ccccc1CCNC(=O)[C@@H]1C[C@H]2CCN(C(=O)CCc3cnccn3)C[C@H]21. The number of rotatable bonds is 8. The van der Waals surface area contributed by atoms with Crippen molar-refractivity contribution < 1.29 is 14.3 Å². The van der Waals surface area contributed by atoms with Crippen LogP contribution < -0.4 is 10.1 Å². The summed E-state index contributed by atoms with van der Waals surface area (Å²) in [4.78, 5) is 35.7. The quantitative estimate of drug-likeness (QED) is 0.705. The fourth-order valence-electron chi connectivity index (χ4n) is 4.83. The molecule has 1 aromatic carbocycles. The molecule has 2 amide bonds. The lowest BCUT2D eigenvalue weighted by Gasteiger charge is -2.50. The first-order chi connectivity index (χ1) is 15.2. The summed E-state index contributed by atoms with van der Waals surface area (Å²) in [6.07, 6.45) is 8.70. The highest BCUT2D eigenvalue weighted by atomic mass is 16.5. The lowest BCUT2D eigenvalue weighted by atomic mass is 9.61. The second-order valence-electron chi connectivity index (χ2n) is 8.44. The van der Waals surface area contributed by atoms with Crippen LogP contribution in [0.1, 0.15) is 30.5 Å². The van der Waals surface area contributed by atoms with Crippen molar-refractivity contribution in [1.82, 2.24) is 20.2 Å². The largest absolute Gasteiger partial charge is 0.496 e. The zero-order valence-corrected chi connectivity index (χ0v) is 18.0. The third kappa shape index (κ3) is 5.03. The molecular weight excluding hydrogens is 392 g/mol. The van der Waals surface area contributed by atoms with Crippen LogP contribution in [-0.4, -0.2) is 53.4 Å². The van der Waals surface area contributed by atoms with Gasteiger partial charge in [0.05, 0.1) is 12.8 Å². The van der Waals surface area contributed by atoms with Gasteiger partial charge in [0.2, 0.25) is 11.8 Å². The third-order valence-corrected chi connectivity index (χ3v) is 6.67. The minimum Gasteiger partial charge on any atom is -0.496 e. The predicted molar refractivity (Wildman–Crippen MR) is 116 cm³/mol. The number of benzene rings is 1. The number of likely N-dealkylation sites (tertiary alicyclic amines) is 1. The van der Waals surface area contributed by atoms with Gasteiger partial charge in [-0.3, -0.25) is 19.6 Å². The summed E-state index contributed by atoms with van der Waals surface area (Å²) in [5, 5.41) is 3.10. The number of hydrogen-bond acceptors (Lipinski definition) is 5. The highest BCUT2D eigenvalue weighted by Gasteiger charge is 2.48. The van der Waals surface area contributed by atoms with Gasteiger partial charge in [0.1, 0.15) is 5.75 Å². The molecule has 1 aromatic heterocycles. The first kappa shape index (κ1) is 21.3. The molecular formula is C24H30N4O3. The van der Waals surface area contributed by atoms with Gasteiger partial charge >= 0.3 is 0 Å². The Morgan fingerprint density at radius 2 is 2.10 bits per heavy atom. The van der Waals surface area contributed by atoms with Crippen LogP contribution in [-0.2, 0) is 22.4 Å². The first-order valence-corrected chi connectivity index (χ1v) is 11.1. The van der Waals surface area contributed by atoms with Gasteiger partial charge in [-0.15, -0.1) is 0 Å². The number of nitrogens with one attached hydrogen (secondary N) is 1. The van der Waals surface area contributed by atoms with Crippen LogP contribution >= 0.6 is 0 Å². The number of carbonyl (C=O) groups excluding carboxylic acids is 2. The Hall–Kier alpha value is -2.96. The number of ether oxygens (including phenoxy) is 1. The number of aromatic nitrogens is 2. The molecule has 2 heterocycles. The molecule has 1 saturated carbocycles. The van der Waals surface area contributed by atoms with Crippen molar-refractivity contribution in [2.45, 2.75) is 32.1 Å². The number of aryl methyl sites for hydroxylation is 1. The van der Waals surface area contributed by atoms with E-state index in [9.17, 15) is 9.59 Å². The number of nitrogens with zero attached hydrogens (tertiary/aromatic N) is 3. The van der Waals surface area contributed by atoms with Gasteiger partial charge in [-0.1, -0.05) is 18.2 Å². The Bertz CT molecular complexity index is 905. The molecule has 164 valence electrons. The minimum atomic E-state index is 0.0123. The van der Waals surface area contributed by atoms with Crippen LogP contribution in [0.5, 0.6) is 5.75 Å². The number of carbonyl (C=O) groups is 2. The number of amides is 2.